The van der Waals surface area contributed by atoms with Crippen molar-refractivity contribution >= 4 is 34.6 Å². The Bertz CT molecular complexity index is 877. The van der Waals surface area contributed by atoms with Crippen molar-refractivity contribution in [2.24, 2.45) is 7.05 Å². The van der Waals surface area contributed by atoms with Crippen LogP contribution in [0.2, 0.25) is 5.15 Å². The van der Waals surface area contributed by atoms with Crippen molar-refractivity contribution in [3.05, 3.63) is 53.1 Å². The summed E-state index contributed by atoms with van der Waals surface area (Å²) in [5.74, 6) is -0.275. The lowest BCUT2D eigenvalue weighted by Crippen LogP contribution is -2.19. The molecule has 0 aliphatic heterocycles. The number of fused-ring (bicyclic) bond motifs is 1. The summed E-state index contributed by atoms with van der Waals surface area (Å²) in [7, 11) is 1.75. The van der Waals surface area contributed by atoms with Crippen molar-refractivity contribution in [1.82, 2.24) is 19.4 Å². The van der Waals surface area contributed by atoms with Gasteiger partial charge in [-0.05, 0) is 25.1 Å². The first-order chi connectivity index (χ1) is 10.6. The number of hydrogen-bond acceptors (Lipinski definition) is 3. The fraction of sp³-hybridized carbons (Fsp3) is 0.133. The third kappa shape index (κ3) is 2.60. The second-order valence-electron chi connectivity index (χ2n) is 4.83. The molecule has 0 fully saturated rings. The molecule has 22 heavy (non-hydrogen) atoms. The Balaban J connectivity index is 1.79. The standard InChI is InChI=1S/C15H14ClN5O/c1-10-11(15(16)20(2)18-10)7-8-14(22)19-21-9-17-12-5-3-4-6-13(12)21/h3-9H,1-2H3,(H,19,22)/b8-7+. The number of amides is 1. The minimum Gasteiger partial charge on any atom is -0.268 e. The summed E-state index contributed by atoms with van der Waals surface area (Å²) in [4.78, 5) is 16.3. The first-order valence-corrected chi connectivity index (χ1v) is 7.04. The number of aryl methyl sites for hydroxylation is 2. The summed E-state index contributed by atoms with van der Waals surface area (Å²) in [6, 6.07) is 7.55. The molecular formula is C15H14ClN5O. The molecule has 1 N–H and O–H groups in total. The molecule has 1 amide bonds. The molecule has 112 valence electrons. The predicted octanol–water partition coefficient (Wildman–Crippen LogP) is 2.52. The Labute approximate surface area is 132 Å². The average Bonchev–Trinajstić information content (AvgIpc) is 3.00. The van der Waals surface area contributed by atoms with Crippen LogP contribution in [0.4, 0.5) is 0 Å². The summed E-state index contributed by atoms with van der Waals surface area (Å²) in [5.41, 5.74) is 5.89. The maximum absolute atomic E-state index is 12.0. The van der Waals surface area contributed by atoms with Gasteiger partial charge in [0.1, 0.15) is 11.5 Å². The topological polar surface area (TPSA) is 64.7 Å². The lowest BCUT2D eigenvalue weighted by molar-refractivity contribution is -0.112. The quantitative estimate of drug-likeness (QED) is 0.755. The summed E-state index contributed by atoms with van der Waals surface area (Å²) in [5, 5.41) is 4.69. The van der Waals surface area contributed by atoms with E-state index in [-0.39, 0.29) is 5.91 Å². The van der Waals surface area contributed by atoms with Crippen molar-refractivity contribution in [1.29, 1.82) is 0 Å². The SMILES string of the molecule is Cc1nn(C)c(Cl)c1/C=C/C(=O)Nn1cnc2ccccc21. The largest absolute Gasteiger partial charge is 0.268 e. The van der Waals surface area contributed by atoms with Gasteiger partial charge in [-0.25, -0.2) is 9.66 Å². The molecule has 2 heterocycles. The summed E-state index contributed by atoms with van der Waals surface area (Å²) in [6.07, 6.45) is 4.64. The van der Waals surface area contributed by atoms with Crippen LogP contribution in [0, 0.1) is 6.92 Å². The van der Waals surface area contributed by atoms with Gasteiger partial charge in [-0.15, -0.1) is 0 Å². The van der Waals surface area contributed by atoms with Crippen molar-refractivity contribution in [2.45, 2.75) is 6.92 Å². The van der Waals surface area contributed by atoms with Gasteiger partial charge in [-0.3, -0.25) is 14.9 Å². The van der Waals surface area contributed by atoms with Crippen LogP contribution in [0.25, 0.3) is 17.1 Å². The van der Waals surface area contributed by atoms with E-state index < -0.39 is 0 Å². The van der Waals surface area contributed by atoms with Gasteiger partial charge in [0.2, 0.25) is 0 Å². The van der Waals surface area contributed by atoms with Gasteiger partial charge >= 0.3 is 0 Å². The summed E-state index contributed by atoms with van der Waals surface area (Å²) in [6.45, 7) is 1.84. The Hall–Kier alpha value is -2.60. The number of hydrogen-bond donors (Lipinski definition) is 1. The van der Waals surface area contributed by atoms with Crippen LogP contribution in [0.5, 0.6) is 0 Å². The van der Waals surface area contributed by atoms with Crippen LogP contribution in [-0.2, 0) is 11.8 Å². The maximum Gasteiger partial charge on any atom is 0.262 e. The predicted molar refractivity (Wildman–Crippen MR) is 86.1 cm³/mol. The van der Waals surface area contributed by atoms with E-state index in [1.165, 1.54) is 6.08 Å². The van der Waals surface area contributed by atoms with E-state index in [0.29, 0.717) is 5.15 Å². The highest BCUT2D eigenvalue weighted by atomic mass is 35.5. The molecule has 7 heteroatoms. The van der Waals surface area contributed by atoms with E-state index in [4.69, 9.17) is 11.6 Å². The van der Waals surface area contributed by atoms with Gasteiger partial charge in [0.25, 0.3) is 5.91 Å². The first-order valence-electron chi connectivity index (χ1n) is 6.66. The lowest BCUT2D eigenvalue weighted by atomic mass is 10.2. The van der Waals surface area contributed by atoms with Crippen molar-refractivity contribution < 1.29 is 4.79 Å². The number of aromatic nitrogens is 4. The molecule has 0 aliphatic carbocycles. The smallest absolute Gasteiger partial charge is 0.262 e. The molecule has 0 saturated carbocycles. The van der Waals surface area contributed by atoms with Crippen molar-refractivity contribution in [2.75, 3.05) is 5.43 Å². The average molecular weight is 316 g/mol. The summed E-state index contributed by atoms with van der Waals surface area (Å²) < 4.78 is 3.15. The van der Waals surface area contributed by atoms with E-state index in [9.17, 15) is 4.79 Å². The Morgan fingerprint density at radius 2 is 2.14 bits per heavy atom. The minimum absolute atomic E-state index is 0.275. The van der Waals surface area contributed by atoms with Crippen LogP contribution in [-0.4, -0.2) is 25.3 Å². The zero-order valence-corrected chi connectivity index (χ0v) is 12.9. The maximum atomic E-state index is 12.0. The number of para-hydroxylation sites is 2. The minimum atomic E-state index is -0.275. The lowest BCUT2D eigenvalue weighted by Gasteiger charge is -2.03. The van der Waals surface area contributed by atoms with E-state index in [1.807, 2.05) is 31.2 Å². The molecule has 3 rings (SSSR count). The number of carbonyl (C=O) groups excluding carboxylic acids is 1. The third-order valence-corrected chi connectivity index (χ3v) is 3.73. The van der Waals surface area contributed by atoms with E-state index in [0.717, 1.165) is 22.3 Å². The second-order valence-corrected chi connectivity index (χ2v) is 5.18. The monoisotopic (exact) mass is 315 g/mol. The number of nitrogens with one attached hydrogen (secondary N) is 1. The highest BCUT2D eigenvalue weighted by Gasteiger charge is 2.09. The molecule has 0 radical (unpaired) electrons. The van der Waals surface area contributed by atoms with Gasteiger partial charge in [0.15, 0.2) is 0 Å². The number of nitrogens with zero attached hydrogens (tertiary/aromatic N) is 4. The van der Waals surface area contributed by atoms with Gasteiger partial charge in [0, 0.05) is 18.7 Å². The van der Waals surface area contributed by atoms with Crippen molar-refractivity contribution in [3.8, 4) is 0 Å². The van der Waals surface area contributed by atoms with Gasteiger partial charge < -0.3 is 0 Å². The number of imidazole rings is 1. The Morgan fingerprint density at radius 1 is 1.36 bits per heavy atom. The molecule has 0 aliphatic rings. The molecule has 0 saturated heterocycles. The molecular weight excluding hydrogens is 302 g/mol. The molecule has 0 spiro atoms. The normalized spacial score (nSPS) is 11.4. The molecule has 2 aromatic heterocycles. The van der Waals surface area contributed by atoms with Gasteiger partial charge in [0.05, 0.1) is 16.7 Å². The van der Waals surface area contributed by atoms with Gasteiger partial charge in [-0.1, -0.05) is 23.7 Å². The zero-order valence-electron chi connectivity index (χ0n) is 12.1. The van der Waals surface area contributed by atoms with Crippen LogP contribution in [0.3, 0.4) is 0 Å². The van der Waals surface area contributed by atoms with Crippen LogP contribution in [0.1, 0.15) is 11.3 Å². The molecule has 1 aromatic carbocycles. The Morgan fingerprint density at radius 3 is 2.86 bits per heavy atom. The van der Waals surface area contributed by atoms with Crippen LogP contribution < -0.4 is 5.43 Å². The molecule has 0 unspecified atom stereocenters. The fourth-order valence-electron chi connectivity index (χ4n) is 2.20. The third-order valence-electron chi connectivity index (χ3n) is 3.28. The number of carbonyl (C=O) groups is 1. The van der Waals surface area contributed by atoms with Gasteiger partial charge in [-0.2, -0.15) is 5.10 Å². The number of rotatable bonds is 3. The highest BCUT2D eigenvalue weighted by Crippen LogP contribution is 2.19. The number of halogens is 1. The molecule has 0 bridgehead atoms. The van der Waals surface area contributed by atoms with Crippen molar-refractivity contribution in [3.63, 3.8) is 0 Å². The molecule has 3 aromatic rings. The van der Waals surface area contributed by atoms with Crippen LogP contribution >= 0.6 is 11.6 Å². The first kappa shape index (κ1) is 14.3. The molecule has 6 nitrogen and oxygen atoms in total. The highest BCUT2D eigenvalue weighted by molar-refractivity contribution is 6.31. The van der Waals surface area contributed by atoms with Crippen LogP contribution in [0.15, 0.2) is 36.7 Å². The zero-order chi connectivity index (χ0) is 15.7. The van der Waals surface area contributed by atoms with E-state index in [1.54, 1.807) is 28.8 Å². The fourth-order valence-corrected chi connectivity index (χ4v) is 2.44. The molecule has 0 atom stereocenters. The number of benzene rings is 1. The van der Waals surface area contributed by atoms with E-state index in [2.05, 4.69) is 15.5 Å². The summed E-state index contributed by atoms with van der Waals surface area (Å²) >= 11 is 6.12. The van der Waals surface area contributed by atoms with E-state index >= 15 is 0 Å². The Kier molecular flexibility index (Phi) is 3.68. The second kappa shape index (κ2) is 5.65.